The Morgan fingerprint density at radius 2 is 2.33 bits per heavy atom. The van der Waals surface area contributed by atoms with Crippen LogP contribution in [0.3, 0.4) is 0 Å². The lowest BCUT2D eigenvalue weighted by atomic mass is 10.0. The first-order valence-electron chi connectivity index (χ1n) is 3.96. The van der Waals surface area contributed by atoms with Crippen molar-refractivity contribution in [3.05, 3.63) is 35.5 Å². The van der Waals surface area contributed by atoms with Gasteiger partial charge in [0.05, 0.1) is 0 Å². The van der Waals surface area contributed by atoms with Gasteiger partial charge in [-0.15, -0.1) is 0 Å². The molecule has 1 rings (SSSR count). The first kappa shape index (κ1) is 8.78. The fourth-order valence-electron chi connectivity index (χ4n) is 1.08. The van der Waals surface area contributed by atoms with Crippen LogP contribution in [0.25, 0.3) is 0 Å². The van der Waals surface area contributed by atoms with Crippen molar-refractivity contribution < 1.29 is 9.90 Å². The van der Waals surface area contributed by atoms with Crippen LogP contribution in [0.15, 0.2) is 35.5 Å². The molecule has 0 heterocycles. The molecule has 2 nitrogen and oxygen atoms in total. The van der Waals surface area contributed by atoms with Gasteiger partial charge in [-0.3, -0.25) is 0 Å². The van der Waals surface area contributed by atoms with Crippen molar-refractivity contribution in [3.8, 4) is 0 Å². The SMILES string of the molecule is CC(=CC1=CCC=CC1)C(=O)O. The number of hydrogen-bond acceptors (Lipinski definition) is 1. The summed E-state index contributed by atoms with van der Waals surface area (Å²) in [6, 6.07) is 0. The molecule has 0 aliphatic heterocycles. The Balaban J connectivity index is 2.66. The Labute approximate surface area is 71.9 Å². The number of carboxylic acid groups (broad SMARTS) is 1. The Morgan fingerprint density at radius 3 is 2.83 bits per heavy atom. The topological polar surface area (TPSA) is 37.3 Å². The highest BCUT2D eigenvalue weighted by molar-refractivity contribution is 5.86. The summed E-state index contributed by atoms with van der Waals surface area (Å²) >= 11 is 0. The molecule has 2 heteroatoms. The third kappa shape index (κ3) is 2.38. The second-order valence-electron chi connectivity index (χ2n) is 2.82. The normalized spacial score (nSPS) is 17.4. The molecule has 0 bridgehead atoms. The third-order valence-corrected chi connectivity index (χ3v) is 1.78. The van der Waals surface area contributed by atoms with Gasteiger partial charge in [0.1, 0.15) is 0 Å². The lowest BCUT2D eigenvalue weighted by Gasteiger charge is -2.03. The van der Waals surface area contributed by atoms with E-state index in [9.17, 15) is 4.79 Å². The van der Waals surface area contributed by atoms with Crippen LogP contribution in [0.2, 0.25) is 0 Å². The van der Waals surface area contributed by atoms with Crippen molar-refractivity contribution in [1.82, 2.24) is 0 Å². The molecule has 1 aliphatic carbocycles. The zero-order valence-corrected chi connectivity index (χ0v) is 7.08. The van der Waals surface area contributed by atoms with Gasteiger partial charge in [-0.1, -0.05) is 18.2 Å². The van der Waals surface area contributed by atoms with E-state index in [1.807, 2.05) is 6.08 Å². The number of carbonyl (C=O) groups is 1. The van der Waals surface area contributed by atoms with E-state index in [1.165, 1.54) is 0 Å². The maximum absolute atomic E-state index is 10.5. The molecule has 1 aliphatic rings. The molecule has 0 spiro atoms. The van der Waals surface area contributed by atoms with Gasteiger partial charge in [-0.2, -0.15) is 0 Å². The highest BCUT2D eigenvalue weighted by Crippen LogP contribution is 2.13. The molecule has 0 saturated carbocycles. The van der Waals surface area contributed by atoms with Gasteiger partial charge in [0.25, 0.3) is 0 Å². The maximum atomic E-state index is 10.5. The van der Waals surface area contributed by atoms with E-state index in [-0.39, 0.29) is 0 Å². The molecule has 0 radical (unpaired) electrons. The molecule has 64 valence electrons. The summed E-state index contributed by atoms with van der Waals surface area (Å²) in [6.07, 6.45) is 9.68. The van der Waals surface area contributed by atoms with Gasteiger partial charge in [0.2, 0.25) is 0 Å². The summed E-state index contributed by atoms with van der Waals surface area (Å²) in [6.45, 7) is 1.61. The molecule has 0 amide bonds. The van der Waals surface area contributed by atoms with Crippen molar-refractivity contribution in [2.75, 3.05) is 0 Å². The van der Waals surface area contributed by atoms with Crippen LogP contribution in [0, 0.1) is 0 Å². The summed E-state index contributed by atoms with van der Waals surface area (Å²) in [7, 11) is 0. The van der Waals surface area contributed by atoms with Crippen LogP contribution in [-0.4, -0.2) is 11.1 Å². The maximum Gasteiger partial charge on any atom is 0.331 e. The number of hydrogen-bond donors (Lipinski definition) is 1. The number of allylic oxidation sites excluding steroid dienone is 5. The number of carboxylic acids is 1. The van der Waals surface area contributed by atoms with E-state index < -0.39 is 5.97 Å². The average Bonchev–Trinajstić information content (AvgIpc) is 2.06. The van der Waals surface area contributed by atoms with Crippen LogP contribution < -0.4 is 0 Å². The minimum atomic E-state index is -0.842. The van der Waals surface area contributed by atoms with Crippen LogP contribution >= 0.6 is 0 Å². The monoisotopic (exact) mass is 164 g/mol. The zero-order chi connectivity index (χ0) is 8.97. The summed E-state index contributed by atoms with van der Waals surface area (Å²) in [4.78, 5) is 10.5. The number of rotatable bonds is 2. The Morgan fingerprint density at radius 1 is 1.58 bits per heavy atom. The zero-order valence-electron chi connectivity index (χ0n) is 7.08. The van der Waals surface area contributed by atoms with E-state index in [0.717, 1.165) is 18.4 Å². The molecular weight excluding hydrogens is 152 g/mol. The molecule has 0 aromatic carbocycles. The molecule has 0 atom stereocenters. The first-order chi connectivity index (χ1) is 5.70. The predicted octanol–water partition coefficient (Wildman–Crippen LogP) is 2.29. The Bertz CT molecular complexity index is 270. The van der Waals surface area contributed by atoms with E-state index in [1.54, 1.807) is 13.0 Å². The molecular formula is C10H12O2. The highest BCUT2D eigenvalue weighted by atomic mass is 16.4. The lowest BCUT2D eigenvalue weighted by Crippen LogP contribution is -1.96. The molecule has 1 N–H and O–H groups in total. The van der Waals surface area contributed by atoms with Crippen molar-refractivity contribution in [2.45, 2.75) is 19.8 Å². The van der Waals surface area contributed by atoms with E-state index in [0.29, 0.717) is 5.57 Å². The van der Waals surface area contributed by atoms with Gasteiger partial charge in [0.15, 0.2) is 0 Å². The van der Waals surface area contributed by atoms with Crippen LogP contribution in [0.5, 0.6) is 0 Å². The van der Waals surface area contributed by atoms with Crippen molar-refractivity contribution in [3.63, 3.8) is 0 Å². The van der Waals surface area contributed by atoms with Crippen molar-refractivity contribution in [1.29, 1.82) is 0 Å². The Kier molecular flexibility index (Phi) is 2.86. The number of aliphatic carboxylic acids is 1. The smallest absolute Gasteiger partial charge is 0.331 e. The molecule has 0 fully saturated rings. The van der Waals surface area contributed by atoms with E-state index >= 15 is 0 Å². The van der Waals surface area contributed by atoms with Crippen molar-refractivity contribution >= 4 is 5.97 Å². The van der Waals surface area contributed by atoms with Gasteiger partial charge in [-0.05, 0) is 31.4 Å². The van der Waals surface area contributed by atoms with Crippen LogP contribution in [-0.2, 0) is 4.79 Å². The van der Waals surface area contributed by atoms with Crippen molar-refractivity contribution in [2.24, 2.45) is 0 Å². The molecule has 12 heavy (non-hydrogen) atoms. The molecule has 0 saturated heterocycles. The molecule has 0 aromatic heterocycles. The summed E-state index contributed by atoms with van der Waals surface area (Å²) in [5, 5.41) is 8.60. The standard InChI is InChI=1S/C10H12O2/c1-8(10(11)12)7-9-5-3-2-4-6-9/h2-3,6-7H,4-5H2,1H3,(H,11,12). The van der Waals surface area contributed by atoms with Gasteiger partial charge in [-0.25, -0.2) is 4.79 Å². The fraction of sp³-hybridized carbons (Fsp3) is 0.300. The van der Waals surface area contributed by atoms with Gasteiger partial charge in [0, 0.05) is 5.57 Å². The third-order valence-electron chi connectivity index (χ3n) is 1.78. The first-order valence-corrected chi connectivity index (χ1v) is 3.96. The molecule has 0 unspecified atom stereocenters. The quantitative estimate of drug-likeness (QED) is 0.502. The van der Waals surface area contributed by atoms with Crippen LogP contribution in [0.4, 0.5) is 0 Å². The highest BCUT2D eigenvalue weighted by Gasteiger charge is 2.01. The second-order valence-corrected chi connectivity index (χ2v) is 2.82. The largest absolute Gasteiger partial charge is 0.478 e. The van der Waals surface area contributed by atoms with Gasteiger partial charge >= 0.3 is 5.97 Å². The summed E-state index contributed by atoms with van der Waals surface area (Å²) in [5.74, 6) is -0.842. The second kappa shape index (κ2) is 3.90. The fourth-order valence-corrected chi connectivity index (χ4v) is 1.08. The summed E-state index contributed by atoms with van der Waals surface area (Å²) in [5.41, 5.74) is 1.49. The average molecular weight is 164 g/mol. The Hall–Kier alpha value is -1.31. The lowest BCUT2D eigenvalue weighted by molar-refractivity contribution is -0.132. The van der Waals surface area contributed by atoms with Gasteiger partial charge < -0.3 is 5.11 Å². The predicted molar refractivity (Wildman–Crippen MR) is 47.8 cm³/mol. The minimum absolute atomic E-state index is 0.400. The van der Waals surface area contributed by atoms with E-state index in [2.05, 4.69) is 12.2 Å². The molecule has 0 aromatic rings. The van der Waals surface area contributed by atoms with E-state index in [4.69, 9.17) is 5.11 Å². The summed E-state index contributed by atoms with van der Waals surface area (Å²) < 4.78 is 0. The minimum Gasteiger partial charge on any atom is -0.478 e. The van der Waals surface area contributed by atoms with Crippen LogP contribution in [0.1, 0.15) is 19.8 Å².